The molecule has 1 N–H and O–H groups in total. The highest BCUT2D eigenvalue weighted by atomic mass is 16.5. The molecule has 0 aliphatic rings. The first-order valence-corrected chi connectivity index (χ1v) is 7.99. The van der Waals surface area contributed by atoms with Crippen LogP contribution in [0.5, 0.6) is 17.2 Å². The van der Waals surface area contributed by atoms with Crippen LogP contribution in [-0.2, 0) is 4.79 Å². The van der Waals surface area contributed by atoms with Gasteiger partial charge in [-0.25, -0.2) is 0 Å². The van der Waals surface area contributed by atoms with Gasteiger partial charge in [0.25, 0.3) is 0 Å². The fourth-order valence-electron chi connectivity index (χ4n) is 2.22. The lowest BCUT2D eigenvalue weighted by molar-refractivity contribution is -0.111. The molecule has 0 bridgehead atoms. The van der Waals surface area contributed by atoms with Crippen molar-refractivity contribution in [2.45, 2.75) is 20.0 Å². The van der Waals surface area contributed by atoms with Crippen LogP contribution < -0.4 is 19.5 Å². The minimum atomic E-state index is -0.262. The molecule has 0 heterocycles. The topological polar surface area (TPSA) is 56.8 Å². The van der Waals surface area contributed by atoms with Crippen LogP contribution in [0.3, 0.4) is 0 Å². The molecule has 2 rings (SSSR count). The first kappa shape index (κ1) is 18.4. The summed E-state index contributed by atoms with van der Waals surface area (Å²) in [6, 6.07) is 12.8. The van der Waals surface area contributed by atoms with Crippen molar-refractivity contribution in [3.63, 3.8) is 0 Å². The van der Waals surface area contributed by atoms with Crippen LogP contribution in [0.25, 0.3) is 6.08 Å². The maximum absolute atomic E-state index is 12.2. The molecule has 0 radical (unpaired) electrons. The molecule has 0 aromatic heterocycles. The first-order valence-electron chi connectivity index (χ1n) is 7.99. The Morgan fingerprint density at radius 2 is 1.84 bits per heavy atom. The molecule has 2 aromatic carbocycles. The number of rotatable bonds is 7. The summed E-state index contributed by atoms with van der Waals surface area (Å²) in [4.78, 5) is 12.2. The Bertz CT molecular complexity index is 753. The standard InChI is InChI=1S/C20H23NO4/c1-14(2)25-17-7-5-6-15(12-17)8-11-20(22)21-18-13-16(23-3)9-10-19(18)24-4/h5-14H,1-4H3,(H,21,22)/b11-8+. The van der Waals surface area contributed by atoms with Crippen molar-refractivity contribution in [3.05, 3.63) is 54.1 Å². The maximum Gasteiger partial charge on any atom is 0.248 e. The first-order chi connectivity index (χ1) is 12.0. The van der Waals surface area contributed by atoms with E-state index in [0.29, 0.717) is 17.2 Å². The van der Waals surface area contributed by atoms with Gasteiger partial charge >= 0.3 is 0 Å². The average molecular weight is 341 g/mol. The Morgan fingerprint density at radius 1 is 1.04 bits per heavy atom. The van der Waals surface area contributed by atoms with Crippen molar-refractivity contribution >= 4 is 17.7 Å². The molecular formula is C20H23NO4. The highest BCUT2D eigenvalue weighted by Gasteiger charge is 2.07. The number of anilines is 1. The van der Waals surface area contributed by atoms with Gasteiger partial charge in [0.05, 0.1) is 26.0 Å². The van der Waals surface area contributed by atoms with Crippen molar-refractivity contribution in [1.29, 1.82) is 0 Å². The van der Waals surface area contributed by atoms with Gasteiger partial charge < -0.3 is 19.5 Å². The van der Waals surface area contributed by atoms with Gasteiger partial charge in [0.2, 0.25) is 5.91 Å². The molecule has 25 heavy (non-hydrogen) atoms. The summed E-state index contributed by atoms with van der Waals surface area (Å²) in [6.45, 7) is 3.94. The van der Waals surface area contributed by atoms with E-state index >= 15 is 0 Å². The lowest BCUT2D eigenvalue weighted by atomic mass is 10.2. The molecule has 0 unspecified atom stereocenters. The number of carbonyl (C=O) groups excluding carboxylic acids is 1. The monoisotopic (exact) mass is 341 g/mol. The fourth-order valence-corrected chi connectivity index (χ4v) is 2.22. The number of amides is 1. The molecule has 1 amide bonds. The largest absolute Gasteiger partial charge is 0.497 e. The van der Waals surface area contributed by atoms with Crippen LogP contribution in [0.2, 0.25) is 0 Å². The van der Waals surface area contributed by atoms with E-state index in [9.17, 15) is 4.79 Å². The van der Waals surface area contributed by atoms with Crippen LogP contribution in [0.15, 0.2) is 48.5 Å². The smallest absolute Gasteiger partial charge is 0.248 e. The Balaban J connectivity index is 2.08. The van der Waals surface area contributed by atoms with Gasteiger partial charge in [-0.1, -0.05) is 12.1 Å². The minimum Gasteiger partial charge on any atom is -0.497 e. The number of benzene rings is 2. The second-order valence-electron chi connectivity index (χ2n) is 5.63. The summed E-state index contributed by atoms with van der Waals surface area (Å²) < 4.78 is 16.1. The van der Waals surface area contributed by atoms with E-state index in [-0.39, 0.29) is 12.0 Å². The summed E-state index contributed by atoms with van der Waals surface area (Å²) in [7, 11) is 3.12. The molecule has 0 spiro atoms. The minimum absolute atomic E-state index is 0.100. The van der Waals surface area contributed by atoms with Gasteiger partial charge in [-0.05, 0) is 49.8 Å². The van der Waals surface area contributed by atoms with E-state index in [0.717, 1.165) is 11.3 Å². The van der Waals surface area contributed by atoms with Crippen molar-refractivity contribution in [3.8, 4) is 17.2 Å². The number of hydrogen-bond donors (Lipinski definition) is 1. The SMILES string of the molecule is COc1ccc(OC)c(NC(=O)/C=C/c2cccc(OC(C)C)c2)c1. The summed E-state index contributed by atoms with van der Waals surface area (Å²) >= 11 is 0. The van der Waals surface area contributed by atoms with Crippen molar-refractivity contribution in [2.75, 3.05) is 19.5 Å². The summed E-state index contributed by atoms with van der Waals surface area (Å²) in [6.07, 6.45) is 3.30. The molecule has 0 saturated heterocycles. The lowest BCUT2D eigenvalue weighted by Gasteiger charge is -2.11. The van der Waals surface area contributed by atoms with Crippen molar-refractivity contribution < 1.29 is 19.0 Å². The second-order valence-corrected chi connectivity index (χ2v) is 5.63. The Labute approximate surface area is 148 Å². The third kappa shape index (κ3) is 5.57. The van der Waals surface area contributed by atoms with Gasteiger partial charge in [-0.2, -0.15) is 0 Å². The lowest BCUT2D eigenvalue weighted by Crippen LogP contribution is -2.09. The predicted octanol–water partition coefficient (Wildman–Crippen LogP) is 4.14. The van der Waals surface area contributed by atoms with Gasteiger partial charge in [-0.3, -0.25) is 4.79 Å². The average Bonchev–Trinajstić information content (AvgIpc) is 2.59. The van der Waals surface area contributed by atoms with E-state index in [4.69, 9.17) is 14.2 Å². The second kappa shape index (κ2) is 8.78. The molecule has 2 aromatic rings. The fraction of sp³-hybridized carbons (Fsp3) is 0.250. The molecule has 132 valence electrons. The quantitative estimate of drug-likeness (QED) is 0.769. The predicted molar refractivity (Wildman–Crippen MR) is 99.4 cm³/mol. The summed E-state index contributed by atoms with van der Waals surface area (Å²) in [5.41, 5.74) is 1.43. The molecule has 0 aliphatic heterocycles. The Kier molecular flexibility index (Phi) is 6.46. The van der Waals surface area contributed by atoms with E-state index in [1.807, 2.05) is 38.1 Å². The third-order valence-corrected chi connectivity index (χ3v) is 3.32. The molecule has 0 fully saturated rings. The van der Waals surface area contributed by atoms with Crippen molar-refractivity contribution in [1.82, 2.24) is 0 Å². The van der Waals surface area contributed by atoms with Gasteiger partial charge in [-0.15, -0.1) is 0 Å². The zero-order valence-electron chi connectivity index (χ0n) is 14.9. The highest BCUT2D eigenvalue weighted by Crippen LogP contribution is 2.28. The van der Waals surface area contributed by atoms with E-state index in [1.165, 1.54) is 6.08 Å². The third-order valence-electron chi connectivity index (χ3n) is 3.32. The molecule has 5 heteroatoms. The van der Waals surface area contributed by atoms with Crippen LogP contribution in [0.4, 0.5) is 5.69 Å². The summed E-state index contributed by atoms with van der Waals surface area (Å²) in [5, 5.41) is 2.79. The molecule has 0 atom stereocenters. The van der Waals surface area contributed by atoms with Gasteiger partial charge in [0.1, 0.15) is 17.2 Å². The zero-order valence-corrected chi connectivity index (χ0v) is 14.9. The number of carbonyl (C=O) groups is 1. The van der Waals surface area contributed by atoms with Crippen molar-refractivity contribution in [2.24, 2.45) is 0 Å². The van der Waals surface area contributed by atoms with Crippen LogP contribution in [-0.4, -0.2) is 26.2 Å². The zero-order chi connectivity index (χ0) is 18.2. The normalized spacial score (nSPS) is 10.8. The summed E-state index contributed by atoms with van der Waals surface area (Å²) in [5.74, 6) is 1.71. The van der Waals surface area contributed by atoms with Crippen LogP contribution >= 0.6 is 0 Å². The van der Waals surface area contributed by atoms with Crippen LogP contribution in [0, 0.1) is 0 Å². The molecule has 0 saturated carbocycles. The van der Waals surface area contributed by atoms with Crippen LogP contribution in [0.1, 0.15) is 19.4 Å². The van der Waals surface area contributed by atoms with E-state index in [2.05, 4.69) is 5.32 Å². The van der Waals surface area contributed by atoms with E-state index < -0.39 is 0 Å². The number of nitrogens with one attached hydrogen (secondary N) is 1. The van der Waals surface area contributed by atoms with Gasteiger partial charge in [0, 0.05) is 12.1 Å². The number of hydrogen-bond acceptors (Lipinski definition) is 4. The highest BCUT2D eigenvalue weighted by molar-refractivity contribution is 6.02. The molecule has 0 aliphatic carbocycles. The number of methoxy groups -OCH3 is 2. The Hall–Kier alpha value is -2.95. The van der Waals surface area contributed by atoms with E-state index in [1.54, 1.807) is 38.5 Å². The molecular weight excluding hydrogens is 318 g/mol. The Morgan fingerprint density at radius 3 is 2.52 bits per heavy atom. The van der Waals surface area contributed by atoms with Gasteiger partial charge in [0.15, 0.2) is 0 Å². The maximum atomic E-state index is 12.2. The molecule has 5 nitrogen and oxygen atoms in total. The number of ether oxygens (including phenoxy) is 3.